The number of benzene rings is 2. The third kappa shape index (κ3) is 4.24. The lowest BCUT2D eigenvalue weighted by molar-refractivity contribution is -0.139. The zero-order chi connectivity index (χ0) is 25.3. The Morgan fingerprint density at radius 2 is 1.89 bits per heavy atom. The molecule has 3 amide bonds. The molecule has 5 atom stereocenters. The summed E-state index contributed by atoms with van der Waals surface area (Å²) in [7, 11) is 1.58. The maximum Gasteiger partial charge on any atom is 0.248 e. The highest BCUT2D eigenvalue weighted by molar-refractivity contribution is 8.02. The molecular formula is C27H31N3O5S. The SMILES string of the molecule is COc1ccc(NC(=O)C2N(CCCO)C(=O)[C@@H]3[C@H](C(=O)NCc4ccccc4)[C@@H]4CCC23S4)cc1. The van der Waals surface area contributed by atoms with E-state index in [1.165, 1.54) is 0 Å². The van der Waals surface area contributed by atoms with Gasteiger partial charge in [-0.25, -0.2) is 0 Å². The molecule has 3 aliphatic heterocycles. The Labute approximate surface area is 214 Å². The summed E-state index contributed by atoms with van der Waals surface area (Å²) in [6, 6.07) is 16.0. The number of fused-ring (bicyclic) bond motifs is 1. The maximum atomic E-state index is 13.8. The zero-order valence-electron chi connectivity index (χ0n) is 20.2. The molecule has 2 aromatic carbocycles. The number of carbonyl (C=O) groups is 3. The molecule has 9 heteroatoms. The van der Waals surface area contributed by atoms with Crippen molar-refractivity contribution in [2.45, 2.75) is 41.8 Å². The fraction of sp³-hybridized carbons (Fsp3) is 0.444. The molecule has 0 aromatic heterocycles. The first kappa shape index (κ1) is 24.6. The second-order valence-corrected chi connectivity index (χ2v) is 11.2. The minimum absolute atomic E-state index is 0.00556. The summed E-state index contributed by atoms with van der Waals surface area (Å²) in [5.74, 6) is -0.894. The van der Waals surface area contributed by atoms with E-state index in [0.717, 1.165) is 12.0 Å². The van der Waals surface area contributed by atoms with E-state index in [1.54, 1.807) is 48.0 Å². The number of likely N-dealkylation sites (tertiary alicyclic amines) is 1. The quantitative estimate of drug-likeness (QED) is 0.479. The van der Waals surface area contributed by atoms with Crippen molar-refractivity contribution in [1.29, 1.82) is 0 Å². The third-order valence-corrected chi connectivity index (χ3v) is 9.53. The van der Waals surface area contributed by atoms with Crippen LogP contribution in [0.3, 0.4) is 0 Å². The Kier molecular flexibility index (Phi) is 6.94. The fourth-order valence-corrected chi connectivity index (χ4v) is 8.24. The van der Waals surface area contributed by atoms with E-state index in [4.69, 9.17) is 4.74 Å². The van der Waals surface area contributed by atoms with Gasteiger partial charge < -0.3 is 25.4 Å². The van der Waals surface area contributed by atoms with E-state index in [0.29, 0.717) is 30.8 Å². The van der Waals surface area contributed by atoms with Gasteiger partial charge in [-0.15, -0.1) is 11.8 Å². The standard InChI is InChI=1S/C27H31N3O5S/c1-35-19-10-8-18(9-11-19)29-25(33)23-27-13-12-20(36-27)21(22(27)26(34)30(23)14-5-15-31)24(32)28-16-17-6-3-2-4-7-17/h2-4,6-11,20-23,31H,5,12-16H2,1H3,(H,28,32)(H,29,33)/t20-,21+,22-,23?,27?/m0/s1. The first-order valence-corrected chi connectivity index (χ1v) is 13.2. The van der Waals surface area contributed by atoms with Crippen LogP contribution in [0.4, 0.5) is 5.69 Å². The molecule has 3 heterocycles. The van der Waals surface area contributed by atoms with Gasteiger partial charge >= 0.3 is 0 Å². The Morgan fingerprint density at radius 3 is 2.58 bits per heavy atom. The summed E-state index contributed by atoms with van der Waals surface area (Å²) in [4.78, 5) is 42.5. The highest BCUT2D eigenvalue weighted by Crippen LogP contribution is 2.66. The Hall–Kier alpha value is -3.04. The Bertz CT molecular complexity index is 1130. The molecule has 0 radical (unpaired) electrons. The number of aliphatic hydroxyl groups excluding tert-OH is 1. The predicted octanol–water partition coefficient (Wildman–Crippen LogP) is 2.42. The van der Waals surface area contributed by atoms with Crippen molar-refractivity contribution in [1.82, 2.24) is 10.2 Å². The fourth-order valence-electron chi connectivity index (χ4n) is 6.02. The maximum absolute atomic E-state index is 13.8. The number of anilines is 1. The molecule has 36 heavy (non-hydrogen) atoms. The summed E-state index contributed by atoms with van der Waals surface area (Å²) in [6.07, 6.45) is 1.87. The van der Waals surface area contributed by atoms with Crippen LogP contribution in [-0.4, -0.2) is 64.0 Å². The lowest BCUT2D eigenvalue weighted by Gasteiger charge is -2.34. The normalized spacial score (nSPS) is 28.2. The number of carbonyl (C=O) groups excluding carboxylic acids is 3. The lowest BCUT2D eigenvalue weighted by Crippen LogP contribution is -2.51. The van der Waals surface area contributed by atoms with E-state index in [2.05, 4.69) is 10.6 Å². The first-order chi connectivity index (χ1) is 17.5. The predicted molar refractivity (Wildman–Crippen MR) is 137 cm³/mol. The van der Waals surface area contributed by atoms with Crippen molar-refractivity contribution in [3.05, 3.63) is 60.2 Å². The van der Waals surface area contributed by atoms with Gasteiger partial charge in [0, 0.05) is 30.6 Å². The second-order valence-electron chi connectivity index (χ2n) is 9.59. The van der Waals surface area contributed by atoms with E-state index in [1.807, 2.05) is 30.3 Å². The molecule has 3 aliphatic rings. The van der Waals surface area contributed by atoms with E-state index in [9.17, 15) is 19.5 Å². The monoisotopic (exact) mass is 509 g/mol. The number of nitrogens with one attached hydrogen (secondary N) is 2. The number of aliphatic hydroxyl groups is 1. The van der Waals surface area contributed by atoms with Crippen LogP contribution >= 0.6 is 11.8 Å². The summed E-state index contributed by atoms with van der Waals surface area (Å²) in [5, 5.41) is 15.5. The molecule has 3 fully saturated rings. The van der Waals surface area contributed by atoms with Crippen LogP contribution in [0, 0.1) is 11.8 Å². The van der Waals surface area contributed by atoms with Crippen LogP contribution in [0.15, 0.2) is 54.6 Å². The van der Waals surface area contributed by atoms with Crippen LogP contribution in [0.5, 0.6) is 5.75 Å². The largest absolute Gasteiger partial charge is 0.497 e. The number of thioether (sulfide) groups is 1. The smallest absolute Gasteiger partial charge is 0.248 e. The van der Waals surface area contributed by atoms with Crippen LogP contribution in [-0.2, 0) is 20.9 Å². The van der Waals surface area contributed by atoms with Gasteiger partial charge in [0.1, 0.15) is 11.8 Å². The first-order valence-electron chi connectivity index (χ1n) is 12.3. The number of hydrogen-bond acceptors (Lipinski definition) is 6. The summed E-state index contributed by atoms with van der Waals surface area (Å²) in [5.41, 5.74) is 1.61. The highest BCUT2D eigenvalue weighted by atomic mass is 32.2. The van der Waals surface area contributed by atoms with Crippen molar-refractivity contribution >= 4 is 35.2 Å². The van der Waals surface area contributed by atoms with Crippen molar-refractivity contribution in [3.63, 3.8) is 0 Å². The van der Waals surface area contributed by atoms with Gasteiger partial charge in [0.05, 0.1) is 23.7 Å². The molecule has 1 spiro atoms. The molecule has 5 rings (SSSR count). The van der Waals surface area contributed by atoms with Gasteiger partial charge in [0.2, 0.25) is 17.7 Å². The zero-order valence-corrected chi connectivity index (χ0v) is 21.0. The third-order valence-electron chi connectivity index (χ3n) is 7.58. The Balaban J connectivity index is 1.39. The summed E-state index contributed by atoms with van der Waals surface area (Å²) >= 11 is 1.64. The minimum Gasteiger partial charge on any atom is -0.497 e. The van der Waals surface area contributed by atoms with Crippen LogP contribution in [0.1, 0.15) is 24.8 Å². The number of hydrogen-bond donors (Lipinski definition) is 3. The van der Waals surface area contributed by atoms with Crippen molar-refractivity contribution in [2.24, 2.45) is 11.8 Å². The van der Waals surface area contributed by atoms with Crippen LogP contribution in [0.25, 0.3) is 0 Å². The van der Waals surface area contributed by atoms with Crippen LogP contribution < -0.4 is 15.4 Å². The average molecular weight is 510 g/mol. The number of nitrogens with zero attached hydrogens (tertiary/aromatic N) is 1. The number of ether oxygens (including phenoxy) is 1. The van der Waals surface area contributed by atoms with Crippen molar-refractivity contribution in [3.8, 4) is 5.75 Å². The number of amides is 3. The summed E-state index contributed by atoms with van der Waals surface area (Å²) in [6.45, 7) is 0.597. The molecule has 2 bridgehead atoms. The lowest BCUT2D eigenvalue weighted by atomic mass is 9.70. The molecular weight excluding hydrogens is 478 g/mol. The van der Waals surface area contributed by atoms with Gasteiger partial charge in [0.15, 0.2) is 0 Å². The molecule has 3 saturated heterocycles. The van der Waals surface area contributed by atoms with Crippen LogP contribution in [0.2, 0.25) is 0 Å². The minimum atomic E-state index is -0.703. The van der Waals surface area contributed by atoms with Crippen molar-refractivity contribution in [2.75, 3.05) is 25.6 Å². The summed E-state index contributed by atoms with van der Waals surface area (Å²) < 4.78 is 4.55. The molecule has 190 valence electrons. The molecule has 8 nitrogen and oxygen atoms in total. The number of rotatable bonds is 9. The van der Waals surface area contributed by atoms with Gasteiger partial charge in [-0.3, -0.25) is 14.4 Å². The second kappa shape index (κ2) is 10.1. The molecule has 0 saturated carbocycles. The molecule has 2 unspecified atom stereocenters. The van der Waals surface area contributed by atoms with E-state index < -0.39 is 22.6 Å². The van der Waals surface area contributed by atoms with Gasteiger partial charge in [-0.05, 0) is 49.1 Å². The molecule has 3 N–H and O–H groups in total. The molecule has 2 aromatic rings. The highest BCUT2D eigenvalue weighted by Gasteiger charge is 2.73. The number of methoxy groups -OCH3 is 1. The van der Waals surface area contributed by atoms with Gasteiger partial charge in [-0.2, -0.15) is 0 Å². The Morgan fingerprint density at radius 1 is 1.14 bits per heavy atom. The topological polar surface area (TPSA) is 108 Å². The average Bonchev–Trinajstić information content (AvgIpc) is 3.54. The molecule has 0 aliphatic carbocycles. The van der Waals surface area contributed by atoms with Gasteiger partial charge in [0.25, 0.3) is 0 Å². The van der Waals surface area contributed by atoms with E-state index >= 15 is 0 Å². The van der Waals surface area contributed by atoms with Crippen molar-refractivity contribution < 1.29 is 24.2 Å². The van der Waals surface area contributed by atoms with Gasteiger partial charge in [-0.1, -0.05) is 30.3 Å². The van der Waals surface area contributed by atoms with E-state index in [-0.39, 0.29) is 36.1 Å².